The Hall–Kier alpha value is -1.42. The zero-order chi connectivity index (χ0) is 8.55. The van der Waals surface area contributed by atoms with Gasteiger partial charge in [0.15, 0.2) is 0 Å². The summed E-state index contributed by atoms with van der Waals surface area (Å²) < 4.78 is 10.5. The Labute approximate surface area is 72.5 Å². The van der Waals surface area contributed by atoms with E-state index in [1.807, 2.05) is 6.07 Å². The second-order valence-corrected chi connectivity index (χ2v) is 2.99. The number of para-hydroxylation sites is 1. The van der Waals surface area contributed by atoms with Crippen molar-refractivity contribution in [1.29, 1.82) is 0 Å². The molecule has 0 saturated heterocycles. The molecular formula is C8H5NO2S. The topological polar surface area (TPSA) is 46.2 Å². The van der Waals surface area contributed by atoms with Crippen LogP contribution in [-0.2, 0) is 16.1 Å². The Morgan fingerprint density at radius 3 is 2.75 bits per heavy atom. The molecule has 3 nitrogen and oxygen atoms in total. The monoisotopic (exact) mass is 179 g/mol. The lowest BCUT2D eigenvalue weighted by molar-refractivity contribution is -0.109. The highest BCUT2D eigenvalue weighted by atomic mass is 32.1. The summed E-state index contributed by atoms with van der Waals surface area (Å²) in [7, 11) is 0. The molecule has 0 saturated carbocycles. The third kappa shape index (κ3) is 0.887. The van der Waals surface area contributed by atoms with Crippen molar-refractivity contribution in [2.45, 2.75) is 0 Å². The molecule has 4 heteroatoms. The van der Waals surface area contributed by atoms with Crippen LogP contribution in [0.25, 0.3) is 0 Å². The maximum Gasteiger partial charge on any atom is 0.269 e. The van der Waals surface area contributed by atoms with E-state index in [4.69, 9.17) is 0 Å². The van der Waals surface area contributed by atoms with Gasteiger partial charge in [-0.05, 0) is 6.07 Å². The molecule has 1 aromatic carbocycles. The second-order valence-electron chi connectivity index (χ2n) is 2.41. The third-order valence-electron chi connectivity index (χ3n) is 1.71. The van der Waals surface area contributed by atoms with Crippen LogP contribution < -0.4 is 5.32 Å². The minimum atomic E-state index is -0.295. The van der Waals surface area contributed by atoms with Gasteiger partial charge in [0.1, 0.15) is 16.1 Å². The lowest BCUT2D eigenvalue weighted by Gasteiger charge is -1.92. The molecule has 2 rings (SSSR count). The lowest BCUT2D eigenvalue weighted by atomic mass is 10.2. The molecule has 1 aromatic rings. The van der Waals surface area contributed by atoms with Crippen molar-refractivity contribution in [3.8, 4) is 0 Å². The number of nitrogens with one attached hydrogen (secondary N) is 1. The molecule has 0 unspecified atom stereocenters. The highest BCUT2D eigenvalue weighted by Crippen LogP contribution is 2.21. The predicted molar refractivity (Wildman–Crippen MR) is 47.3 cm³/mol. The van der Waals surface area contributed by atoms with E-state index in [2.05, 4.69) is 5.32 Å². The minimum absolute atomic E-state index is 0.238. The number of carbonyl (C=O) groups is 1. The van der Waals surface area contributed by atoms with Gasteiger partial charge >= 0.3 is 0 Å². The van der Waals surface area contributed by atoms with E-state index in [0.29, 0.717) is 5.56 Å². The molecule has 60 valence electrons. The van der Waals surface area contributed by atoms with Crippen molar-refractivity contribution in [3.05, 3.63) is 29.8 Å². The summed E-state index contributed by atoms with van der Waals surface area (Å²) in [6, 6.07) is 7.15. The Kier molecular flexibility index (Phi) is 1.55. The normalized spacial score (nSPS) is 14.0. The predicted octanol–water partition coefficient (Wildman–Crippen LogP) is 0.372. The summed E-state index contributed by atoms with van der Waals surface area (Å²) in [6.07, 6.45) is 0. The van der Waals surface area contributed by atoms with Gasteiger partial charge < -0.3 is 5.32 Å². The smallest absolute Gasteiger partial charge is 0.269 e. The molecule has 0 radical (unpaired) electrons. The van der Waals surface area contributed by atoms with E-state index in [1.54, 1.807) is 18.2 Å². The molecule has 1 N–H and O–H groups in total. The number of carbonyl (C=O) groups excluding carboxylic acids is 1. The SMILES string of the molecule is O=S=C1C(=O)Nc2ccccc21. The summed E-state index contributed by atoms with van der Waals surface area (Å²) in [5.74, 6) is -0.295. The van der Waals surface area contributed by atoms with Crippen LogP contribution >= 0.6 is 0 Å². The number of anilines is 1. The van der Waals surface area contributed by atoms with Gasteiger partial charge in [0, 0.05) is 5.56 Å². The van der Waals surface area contributed by atoms with E-state index in [-0.39, 0.29) is 22.0 Å². The fourth-order valence-electron chi connectivity index (χ4n) is 1.17. The number of benzene rings is 1. The molecule has 0 bridgehead atoms. The molecule has 0 atom stereocenters. The van der Waals surface area contributed by atoms with Crippen LogP contribution in [0.4, 0.5) is 5.69 Å². The van der Waals surface area contributed by atoms with Crippen LogP contribution in [0.15, 0.2) is 24.3 Å². The van der Waals surface area contributed by atoms with Crippen LogP contribution in [0, 0.1) is 0 Å². The molecule has 1 amide bonds. The van der Waals surface area contributed by atoms with E-state index >= 15 is 0 Å². The maximum atomic E-state index is 11.1. The highest BCUT2D eigenvalue weighted by molar-refractivity contribution is 7.69. The van der Waals surface area contributed by atoms with Crippen molar-refractivity contribution < 1.29 is 9.00 Å². The second kappa shape index (κ2) is 2.57. The molecule has 12 heavy (non-hydrogen) atoms. The average molecular weight is 179 g/mol. The summed E-state index contributed by atoms with van der Waals surface area (Å²) in [4.78, 5) is 11.3. The quantitative estimate of drug-likeness (QED) is 0.585. The van der Waals surface area contributed by atoms with Crippen molar-refractivity contribution in [2.75, 3.05) is 5.32 Å². The van der Waals surface area contributed by atoms with Crippen LogP contribution in [0.2, 0.25) is 0 Å². The van der Waals surface area contributed by atoms with Crippen molar-refractivity contribution in [3.63, 3.8) is 0 Å². The molecule has 1 heterocycles. The van der Waals surface area contributed by atoms with Gasteiger partial charge in [-0.1, -0.05) is 18.2 Å². The van der Waals surface area contributed by atoms with Crippen molar-refractivity contribution in [1.82, 2.24) is 0 Å². The Balaban J connectivity index is 2.70. The first-order valence-electron chi connectivity index (χ1n) is 3.40. The summed E-state index contributed by atoms with van der Waals surface area (Å²) in [5, 5.41) is 2.60. The average Bonchev–Trinajstić information content (AvgIpc) is 2.40. The zero-order valence-corrected chi connectivity index (χ0v) is 6.85. The van der Waals surface area contributed by atoms with E-state index < -0.39 is 0 Å². The van der Waals surface area contributed by atoms with Crippen molar-refractivity contribution in [2.24, 2.45) is 0 Å². The highest BCUT2D eigenvalue weighted by Gasteiger charge is 2.24. The molecule has 1 aliphatic rings. The maximum absolute atomic E-state index is 11.1. The van der Waals surface area contributed by atoms with Gasteiger partial charge in [-0.15, -0.1) is 0 Å². The number of hydrogen-bond donors (Lipinski definition) is 1. The lowest BCUT2D eigenvalue weighted by Crippen LogP contribution is -2.13. The first-order valence-corrected chi connectivity index (χ1v) is 4.14. The fourth-order valence-corrected chi connectivity index (χ4v) is 1.57. The molecular weight excluding hydrogens is 174 g/mol. The van der Waals surface area contributed by atoms with E-state index in [1.165, 1.54) is 0 Å². The standard InChI is InChI=1S/C8H5NO2S/c10-8-7(12-11)5-3-1-2-4-6(5)9-8/h1-4H,(H,9,10). The third-order valence-corrected chi connectivity index (χ3v) is 2.28. The van der Waals surface area contributed by atoms with Crippen molar-refractivity contribution >= 4 is 27.7 Å². The zero-order valence-electron chi connectivity index (χ0n) is 6.03. The summed E-state index contributed by atoms with van der Waals surface area (Å²) in [6.45, 7) is 0. The number of fused-ring (bicyclic) bond motifs is 1. The van der Waals surface area contributed by atoms with Gasteiger partial charge in [0.05, 0.1) is 5.69 Å². The first kappa shape index (κ1) is 7.24. The van der Waals surface area contributed by atoms with E-state index in [9.17, 15) is 9.00 Å². The Bertz CT molecular complexity index is 407. The van der Waals surface area contributed by atoms with Gasteiger partial charge in [0.25, 0.3) is 5.91 Å². The van der Waals surface area contributed by atoms with Crippen LogP contribution in [0.1, 0.15) is 5.56 Å². The Morgan fingerprint density at radius 1 is 1.25 bits per heavy atom. The number of rotatable bonds is 0. The molecule has 0 aromatic heterocycles. The number of hydrogen-bond acceptors (Lipinski definition) is 2. The van der Waals surface area contributed by atoms with Crippen LogP contribution in [0.5, 0.6) is 0 Å². The van der Waals surface area contributed by atoms with E-state index in [0.717, 1.165) is 5.69 Å². The minimum Gasteiger partial charge on any atom is -0.321 e. The molecule has 1 aliphatic heterocycles. The molecule has 0 fully saturated rings. The fraction of sp³-hybridized carbons (Fsp3) is 0. The van der Waals surface area contributed by atoms with Crippen LogP contribution in [0.3, 0.4) is 0 Å². The number of amides is 1. The van der Waals surface area contributed by atoms with Gasteiger partial charge in [-0.2, -0.15) is 0 Å². The largest absolute Gasteiger partial charge is 0.321 e. The first-order chi connectivity index (χ1) is 5.83. The van der Waals surface area contributed by atoms with Crippen LogP contribution in [-0.4, -0.2) is 15.0 Å². The Morgan fingerprint density at radius 2 is 2.00 bits per heavy atom. The van der Waals surface area contributed by atoms with Gasteiger partial charge in [0.2, 0.25) is 0 Å². The molecule has 0 aliphatic carbocycles. The van der Waals surface area contributed by atoms with Gasteiger partial charge in [-0.25, -0.2) is 4.21 Å². The summed E-state index contributed by atoms with van der Waals surface area (Å²) in [5.41, 5.74) is 1.43. The molecule has 0 spiro atoms. The van der Waals surface area contributed by atoms with Gasteiger partial charge in [-0.3, -0.25) is 4.79 Å². The summed E-state index contributed by atoms with van der Waals surface area (Å²) >= 11 is 0.238.